The van der Waals surface area contributed by atoms with Gasteiger partial charge in [-0.2, -0.15) is 0 Å². The van der Waals surface area contributed by atoms with Crippen molar-refractivity contribution in [2.75, 3.05) is 14.2 Å². The van der Waals surface area contributed by atoms with Gasteiger partial charge in [-0.05, 0) is 60.7 Å². The molecule has 4 heteroatoms. The van der Waals surface area contributed by atoms with E-state index in [1.165, 1.54) is 0 Å². The predicted molar refractivity (Wildman–Crippen MR) is 103 cm³/mol. The maximum Gasteiger partial charge on any atom is 0.211 e. The summed E-state index contributed by atoms with van der Waals surface area (Å²) in [5, 5.41) is 0. The Balaban J connectivity index is 2.03. The van der Waals surface area contributed by atoms with Crippen LogP contribution in [0.3, 0.4) is 0 Å². The van der Waals surface area contributed by atoms with Crippen LogP contribution in [0.4, 0.5) is 5.69 Å². The van der Waals surface area contributed by atoms with Gasteiger partial charge < -0.3 is 9.47 Å². The molecule has 0 aliphatic rings. The molecule has 0 N–H and O–H groups in total. The number of carbonyl (C=O) groups is 1. The summed E-state index contributed by atoms with van der Waals surface area (Å²) in [5.74, 6) is 1.28. The van der Waals surface area contributed by atoms with Crippen LogP contribution in [0.25, 0.3) is 0 Å². The Bertz CT molecular complexity index is 898. The van der Waals surface area contributed by atoms with E-state index in [2.05, 4.69) is 4.99 Å². The van der Waals surface area contributed by atoms with Crippen molar-refractivity contribution in [1.29, 1.82) is 0 Å². The number of ether oxygens (including phenoxy) is 2. The molecule has 26 heavy (non-hydrogen) atoms. The van der Waals surface area contributed by atoms with Gasteiger partial charge in [-0.1, -0.05) is 18.2 Å². The molecule has 0 spiro atoms. The standard InChI is InChI=1S/C22H19NO3/c1-25-19-12-8-16(9-13-19)21(23-18-6-4-3-5-7-18)22(24)17-10-14-20(26-2)15-11-17/h3-15H,1-2H3. The highest BCUT2D eigenvalue weighted by molar-refractivity contribution is 6.51. The lowest BCUT2D eigenvalue weighted by Gasteiger charge is -2.08. The molecule has 0 atom stereocenters. The quantitative estimate of drug-likeness (QED) is 0.480. The van der Waals surface area contributed by atoms with E-state index in [1.807, 2.05) is 54.6 Å². The fraction of sp³-hybridized carbons (Fsp3) is 0.0909. The molecule has 0 bridgehead atoms. The van der Waals surface area contributed by atoms with Crippen LogP contribution >= 0.6 is 0 Å². The Morgan fingerprint density at radius 3 is 1.69 bits per heavy atom. The van der Waals surface area contributed by atoms with E-state index in [-0.39, 0.29) is 5.78 Å². The second-order valence-electron chi connectivity index (χ2n) is 5.58. The molecule has 3 aromatic carbocycles. The van der Waals surface area contributed by atoms with Gasteiger partial charge in [0.2, 0.25) is 5.78 Å². The first kappa shape index (κ1) is 17.4. The molecule has 3 aromatic rings. The zero-order chi connectivity index (χ0) is 18.4. The van der Waals surface area contributed by atoms with Crippen molar-refractivity contribution >= 4 is 17.2 Å². The molecule has 0 heterocycles. The summed E-state index contributed by atoms with van der Waals surface area (Å²) in [6.07, 6.45) is 0. The lowest BCUT2D eigenvalue weighted by molar-refractivity contribution is 0.106. The van der Waals surface area contributed by atoms with E-state index < -0.39 is 0 Å². The molecule has 0 aromatic heterocycles. The molecule has 0 fully saturated rings. The summed E-state index contributed by atoms with van der Waals surface area (Å²) >= 11 is 0. The normalized spacial score (nSPS) is 11.1. The van der Waals surface area contributed by atoms with Crippen LogP contribution < -0.4 is 9.47 Å². The third-order valence-electron chi connectivity index (χ3n) is 3.93. The highest BCUT2D eigenvalue weighted by Crippen LogP contribution is 2.20. The lowest BCUT2D eigenvalue weighted by atomic mass is 10.00. The van der Waals surface area contributed by atoms with E-state index in [1.54, 1.807) is 38.5 Å². The first-order valence-electron chi connectivity index (χ1n) is 8.18. The number of ketones is 1. The number of methoxy groups -OCH3 is 2. The molecule has 0 aliphatic heterocycles. The molecule has 0 unspecified atom stereocenters. The Morgan fingerprint density at radius 1 is 0.692 bits per heavy atom. The van der Waals surface area contributed by atoms with Crippen molar-refractivity contribution in [2.45, 2.75) is 0 Å². The molecular formula is C22H19NO3. The zero-order valence-electron chi connectivity index (χ0n) is 14.7. The van der Waals surface area contributed by atoms with Gasteiger partial charge >= 0.3 is 0 Å². The van der Waals surface area contributed by atoms with E-state index in [0.29, 0.717) is 17.0 Å². The van der Waals surface area contributed by atoms with Gasteiger partial charge in [-0.25, -0.2) is 4.99 Å². The Morgan fingerprint density at radius 2 is 1.19 bits per heavy atom. The largest absolute Gasteiger partial charge is 0.497 e. The van der Waals surface area contributed by atoms with E-state index in [4.69, 9.17) is 9.47 Å². The predicted octanol–water partition coefficient (Wildman–Crippen LogP) is 4.71. The molecular weight excluding hydrogens is 326 g/mol. The molecule has 130 valence electrons. The average Bonchev–Trinajstić information content (AvgIpc) is 2.72. The maximum atomic E-state index is 13.1. The number of hydrogen-bond acceptors (Lipinski definition) is 4. The van der Waals surface area contributed by atoms with Gasteiger partial charge in [0.25, 0.3) is 0 Å². The molecule has 0 radical (unpaired) electrons. The number of para-hydroxylation sites is 1. The van der Waals surface area contributed by atoms with Crippen LogP contribution in [0.1, 0.15) is 15.9 Å². The van der Waals surface area contributed by atoms with Gasteiger partial charge in [-0.15, -0.1) is 0 Å². The summed E-state index contributed by atoms with van der Waals surface area (Å²) in [6, 6.07) is 23.7. The van der Waals surface area contributed by atoms with Crippen molar-refractivity contribution in [2.24, 2.45) is 4.99 Å². The van der Waals surface area contributed by atoms with Crippen LogP contribution in [0.15, 0.2) is 83.9 Å². The first-order valence-corrected chi connectivity index (χ1v) is 8.18. The minimum absolute atomic E-state index is 0.151. The third kappa shape index (κ3) is 3.98. The Hall–Kier alpha value is -3.40. The third-order valence-corrected chi connectivity index (χ3v) is 3.93. The summed E-state index contributed by atoms with van der Waals surface area (Å²) in [4.78, 5) is 17.7. The van der Waals surface area contributed by atoms with Gasteiger partial charge in [0.1, 0.15) is 17.2 Å². The fourth-order valence-corrected chi connectivity index (χ4v) is 2.51. The molecule has 0 saturated heterocycles. The second kappa shape index (κ2) is 8.12. The maximum absolute atomic E-state index is 13.1. The number of Topliss-reactive ketones (excluding diaryl/α,β-unsaturated/α-hetero) is 1. The highest BCUT2D eigenvalue weighted by atomic mass is 16.5. The van der Waals surface area contributed by atoms with E-state index in [9.17, 15) is 4.79 Å². The van der Waals surface area contributed by atoms with Crippen LogP contribution in [-0.2, 0) is 0 Å². The number of benzene rings is 3. The van der Waals surface area contributed by atoms with Crippen molar-refractivity contribution in [1.82, 2.24) is 0 Å². The minimum Gasteiger partial charge on any atom is -0.497 e. The Kier molecular flexibility index (Phi) is 5.44. The number of hydrogen-bond donors (Lipinski definition) is 0. The van der Waals surface area contributed by atoms with Crippen LogP contribution in [-0.4, -0.2) is 25.7 Å². The van der Waals surface area contributed by atoms with Gasteiger partial charge in [-0.3, -0.25) is 4.79 Å². The topological polar surface area (TPSA) is 47.9 Å². The highest BCUT2D eigenvalue weighted by Gasteiger charge is 2.17. The Labute approximate surface area is 152 Å². The van der Waals surface area contributed by atoms with Crippen molar-refractivity contribution < 1.29 is 14.3 Å². The minimum atomic E-state index is -0.151. The second-order valence-corrected chi connectivity index (χ2v) is 5.58. The molecule has 4 nitrogen and oxygen atoms in total. The summed E-state index contributed by atoms with van der Waals surface area (Å²) in [5.41, 5.74) is 2.39. The van der Waals surface area contributed by atoms with Crippen LogP contribution in [0.5, 0.6) is 11.5 Å². The molecule has 3 rings (SSSR count). The van der Waals surface area contributed by atoms with Gasteiger partial charge in [0.15, 0.2) is 0 Å². The first-order chi connectivity index (χ1) is 12.7. The number of rotatable bonds is 6. The monoisotopic (exact) mass is 345 g/mol. The number of nitrogens with zero attached hydrogens (tertiary/aromatic N) is 1. The summed E-state index contributed by atoms with van der Waals surface area (Å²) < 4.78 is 10.4. The van der Waals surface area contributed by atoms with Crippen LogP contribution in [0.2, 0.25) is 0 Å². The van der Waals surface area contributed by atoms with Crippen molar-refractivity contribution in [3.63, 3.8) is 0 Å². The van der Waals surface area contributed by atoms with Crippen molar-refractivity contribution in [3.05, 3.63) is 90.0 Å². The zero-order valence-corrected chi connectivity index (χ0v) is 14.7. The number of carbonyl (C=O) groups excluding carboxylic acids is 1. The molecule has 0 saturated carbocycles. The smallest absolute Gasteiger partial charge is 0.211 e. The fourth-order valence-electron chi connectivity index (χ4n) is 2.51. The summed E-state index contributed by atoms with van der Waals surface area (Å²) in [6.45, 7) is 0. The van der Waals surface area contributed by atoms with Crippen molar-refractivity contribution in [3.8, 4) is 11.5 Å². The van der Waals surface area contributed by atoms with Gasteiger partial charge in [0.05, 0.1) is 19.9 Å². The molecule has 0 amide bonds. The average molecular weight is 345 g/mol. The molecule has 0 aliphatic carbocycles. The van der Waals surface area contributed by atoms with Gasteiger partial charge in [0, 0.05) is 11.1 Å². The SMILES string of the molecule is COc1ccc(C(=O)C(=Nc2ccccc2)c2ccc(OC)cc2)cc1. The van der Waals surface area contributed by atoms with Crippen LogP contribution in [0, 0.1) is 0 Å². The van der Waals surface area contributed by atoms with E-state index in [0.717, 1.165) is 17.0 Å². The lowest BCUT2D eigenvalue weighted by Crippen LogP contribution is -2.15. The van der Waals surface area contributed by atoms with E-state index >= 15 is 0 Å². The summed E-state index contributed by atoms with van der Waals surface area (Å²) in [7, 11) is 3.20. The number of aliphatic imine (C=N–C) groups is 1.